The van der Waals surface area contributed by atoms with Crippen LogP contribution in [0.5, 0.6) is 0 Å². The van der Waals surface area contributed by atoms with Gasteiger partial charge in [0.15, 0.2) is 0 Å². The van der Waals surface area contributed by atoms with Crippen LogP contribution in [-0.2, 0) is 23.3 Å². The highest BCUT2D eigenvalue weighted by Crippen LogP contribution is 2.23. The van der Waals surface area contributed by atoms with E-state index < -0.39 is 0 Å². The first-order chi connectivity index (χ1) is 7.91. The average molecular weight is 233 g/mol. The number of carbonyl (C=O) groups is 1. The largest absolute Gasteiger partial charge is 0.331 e. The topological polar surface area (TPSA) is 38.1 Å². The minimum Gasteiger partial charge on any atom is -0.331 e. The molecule has 0 bridgehead atoms. The minimum atomic E-state index is -0.00485. The Hall–Kier alpha value is -1.58. The van der Waals surface area contributed by atoms with Crippen LogP contribution >= 0.6 is 0 Å². The maximum absolute atomic E-state index is 11.6. The molecule has 0 aliphatic carbocycles. The molecule has 1 aliphatic rings. The molecule has 1 aromatic rings. The van der Waals surface area contributed by atoms with Crippen LogP contribution in [-0.4, -0.2) is 27.1 Å². The van der Waals surface area contributed by atoms with Crippen molar-refractivity contribution in [1.82, 2.24) is 14.7 Å². The second kappa shape index (κ2) is 4.02. The van der Waals surface area contributed by atoms with Crippen LogP contribution < -0.4 is 0 Å². The lowest BCUT2D eigenvalue weighted by atomic mass is 9.92. The Morgan fingerprint density at radius 1 is 1.47 bits per heavy atom. The van der Waals surface area contributed by atoms with Crippen LogP contribution in [0.1, 0.15) is 32.2 Å². The molecule has 4 nitrogen and oxygen atoms in total. The zero-order valence-electron chi connectivity index (χ0n) is 10.7. The standard InChI is InChI=1S/C13H19N3O/c1-5-12(17)15-6-7-16-10(9-15)8-11(14-16)13(2,3)4/h5,8H,1,6-7,9H2,2-4H3. The van der Waals surface area contributed by atoms with Gasteiger partial charge in [-0.15, -0.1) is 0 Å². The van der Waals surface area contributed by atoms with Crippen LogP contribution in [0.2, 0.25) is 0 Å². The van der Waals surface area contributed by atoms with Crippen LogP contribution in [0.4, 0.5) is 0 Å². The molecule has 0 N–H and O–H groups in total. The van der Waals surface area contributed by atoms with E-state index in [0.717, 1.165) is 17.9 Å². The molecule has 1 aliphatic heterocycles. The van der Waals surface area contributed by atoms with E-state index in [2.05, 4.69) is 38.5 Å². The molecule has 2 heterocycles. The maximum atomic E-state index is 11.6. The quantitative estimate of drug-likeness (QED) is 0.693. The van der Waals surface area contributed by atoms with E-state index in [-0.39, 0.29) is 11.3 Å². The second-order valence-corrected chi connectivity index (χ2v) is 5.46. The lowest BCUT2D eigenvalue weighted by Crippen LogP contribution is -2.37. The first-order valence-electron chi connectivity index (χ1n) is 5.90. The summed E-state index contributed by atoms with van der Waals surface area (Å²) in [6, 6.07) is 2.10. The van der Waals surface area contributed by atoms with Crippen molar-refractivity contribution in [3.05, 3.63) is 30.1 Å². The van der Waals surface area contributed by atoms with Crippen molar-refractivity contribution in [2.45, 2.75) is 39.3 Å². The third-order valence-electron chi connectivity index (χ3n) is 3.05. The molecule has 4 heteroatoms. The smallest absolute Gasteiger partial charge is 0.246 e. The van der Waals surface area contributed by atoms with Gasteiger partial charge in [-0.2, -0.15) is 5.10 Å². The maximum Gasteiger partial charge on any atom is 0.246 e. The number of nitrogens with zero attached hydrogens (tertiary/aromatic N) is 3. The molecule has 0 aromatic carbocycles. The molecule has 0 atom stereocenters. The Labute approximate surface area is 102 Å². The molecule has 1 aromatic heterocycles. The molecule has 2 rings (SSSR count). The summed E-state index contributed by atoms with van der Waals surface area (Å²) >= 11 is 0. The highest BCUT2D eigenvalue weighted by molar-refractivity contribution is 5.87. The van der Waals surface area contributed by atoms with Crippen molar-refractivity contribution in [2.75, 3.05) is 6.54 Å². The molecule has 0 saturated heterocycles. The van der Waals surface area contributed by atoms with Gasteiger partial charge in [0.1, 0.15) is 0 Å². The van der Waals surface area contributed by atoms with Gasteiger partial charge in [0.25, 0.3) is 0 Å². The Kier molecular flexibility index (Phi) is 2.81. The number of carbonyl (C=O) groups excluding carboxylic acids is 1. The predicted molar refractivity (Wildman–Crippen MR) is 66.5 cm³/mol. The van der Waals surface area contributed by atoms with Crippen molar-refractivity contribution >= 4 is 5.91 Å². The van der Waals surface area contributed by atoms with E-state index >= 15 is 0 Å². The molecule has 17 heavy (non-hydrogen) atoms. The lowest BCUT2D eigenvalue weighted by molar-refractivity contribution is -0.127. The normalized spacial score (nSPS) is 15.6. The van der Waals surface area contributed by atoms with Crippen molar-refractivity contribution in [1.29, 1.82) is 0 Å². The summed E-state index contributed by atoms with van der Waals surface area (Å²) < 4.78 is 2.01. The van der Waals surface area contributed by atoms with E-state index in [1.807, 2.05) is 4.68 Å². The first kappa shape index (κ1) is 11.9. The van der Waals surface area contributed by atoms with Gasteiger partial charge in [0.2, 0.25) is 5.91 Å². The van der Waals surface area contributed by atoms with Gasteiger partial charge in [0.05, 0.1) is 24.5 Å². The molecular weight excluding hydrogens is 214 g/mol. The van der Waals surface area contributed by atoms with Crippen LogP contribution in [0.15, 0.2) is 18.7 Å². The van der Waals surface area contributed by atoms with Crippen molar-refractivity contribution < 1.29 is 4.79 Å². The van der Waals surface area contributed by atoms with Crippen LogP contribution in [0.25, 0.3) is 0 Å². The lowest BCUT2D eigenvalue weighted by Gasteiger charge is -2.26. The fraction of sp³-hybridized carbons (Fsp3) is 0.538. The number of hydrogen-bond donors (Lipinski definition) is 0. The zero-order valence-corrected chi connectivity index (χ0v) is 10.7. The molecule has 0 unspecified atom stereocenters. The van der Waals surface area contributed by atoms with E-state index in [9.17, 15) is 4.79 Å². The van der Waals surface area contributed by atoms with E-state index in [1.54, 1.807) is 4.90 Å². The predicted octanol–water partition coefficient (Wildman–Crippen LogP) is 1.71. The SMILES string of the molecule is C=CC(=O)N1CCn2nc(C(C)(C)C)cc2C1. The fourth-order valence-corrected chi connectivity index (χ4v) is 1.95. The minimum absolute atomic E-state index is 0.00485. The first-order valence-corrected chi connectivity index (χ1v) is 5.90. The fourth-order valence-electron chi connectivity index (χ4n) is 1.95. The van der Waals surface area contributed by atoms with Crippen molar-refractivity contribution in [3.8, 4) is 0 Å². The highest BCUT2D eigenvalue weighted by Gasteiger charge is 2.24. The summed E-state index contributed by atoms with van der Waals surface area (Å²) in [6.45, 7) is 12.1. The summed E-state index contributed by atoms with van der Waals surface area (Å²) in [5.41, 5.74) is 2.24. The number of fused-ring (bicyclic) bond motifs is 1. The number of amides is 1. The summed E-state index contributed by atoms with van der Waals surface area (Å²) in [7, 11) is 0. The molecule has 0 radical (unpaired) electrons. The molecule has 92 valence electrons. The number of rotatable bonds is 1. The molecular formula is C13H19N3O. The Morgan fingerprint density at radius 3 is 2.76 bits per heavy atom. The Balaban J connectivity index is 2.24. The van der Waals surface area contributed by atoms with Crippen molar-refractivity contribution in [2.24, 2.45) is 0 Å². The van der Waals surface area contributed by atoms with Gasteiger partial charge in [-0.3, -0.25) is 9.48 Å². The number of hydrogen-bond acceptors (Lipinski definition) is 2. The van der Waals surface area contributed by atoms with Crippen molar-refractivity contribution in [3.63, 3.8) is 0 Å². The monoisotopic (exact) mass is 233 g/mol. The third kappa shape index (κ3) is 2.25. The summed E-state index contributed by atoms with van der Waals surface area (Å²) in [5.74, 6) is -0.00485. The van der Waals surface area contributed by atoms with Gasteiger partial charge < -0.3 is 4.90 Å². The molecule has 0 saturated carbocycles. The third-order valence-corrected chi connectivity index (χ3v) is 3.05. The molecule has 0 spiro atoms. The van der Waals surface area contributed by atoms with Crippen LogP contribution in [0, 0.1) is 0 Å². The zero-order chi connectivity index (χ0) is 12.6. The van der Waals surface area contributed by atoms with Gasteiger partial charge in [0, 0.05) is 12.0 Å². The molecule has 0 fully saturated rings. The van der Waals surface area contributed by atoms with E-state index in [0.29, 0.717) is 13.1 Å². The molecule has 1 amide bonds. The van der Waals surface area contributed by atoms with Crippen LogP contribution in [0.3, 0.4) is 0 Å². The Morgan fingerprint density at radius 2 is 2.18 bits per heavy atom. The average Bonchev–Trinajstić information content (AvgIpc) is 2.70. The van der Waals surface area contributed by atoms with Gasteiger partial charge in [-0.05, 0) is 12.1 Å². The number of aromatic nitrogens is 2. The second-order valence-electron chi connectivity index (χ2n) is 5.46. The summed E-state index contributed by atoms with van der Waals surface area (Å²) in [4.78, 5) is 13.4. The van der Waals surface area contributed by atoms with Gasteiger partial charge in [-0.1, -0.05) is 27.4 Å². The summed E-state index contributed by atoms with van der Waals surface area (Å²) in [5, 5.41) is 4.59. The van der Waals surface area contributed by atoms with E-state index in [1.165, 1.54) is 6.08 Å². The highest BCUT2D eigenvalue weighted by atomic mass is 16.2. The summed E-state index contributed by atoms with van der Waals surface area (Å²) in [6.07, 6.45) is 1.37. The van der Waals surface area contributed by atoms with Gasteiger partial charge >= 0.3 is 0 Å². The Bertz CT molecular complexity index is 454. The van der Waals surface area contributed by atoms with Gasteiger partial charge in [-0.25, -0.2) is 0 Å². The van der Waals surface area contributed by atoms with E-state index in [4.69, 9.17) is 0 Å².